The number of aryl methyl sites for hydroxylation is 1. The normalized spacial score (nSPS) is 14.5. The highest BCUT2D eigenvalue weighted by molar-refractivity contribution is 7.92. The Morgan fingerprint density at radius 2 is 1.72 bits per heavy atom. The number of pyridine rings is 1. The summed E-state index contributed by atoms with van der Waals surface area (Å²) in [5, 5.41) is 2.83. The van der Waals surface area contributed by atoms with Crippen LogP contribution in [0.5, 0.6) is 5.75 Å². The third kappa shape index (κ3) is 7.92. The third-order valence-electron chi connectivity index (χ3n) is 6.77. The van der Waals surface area contributed by atoms with Gasteiger partial charge in [0.2, 0.25) is 10.0 Å². The van der Waals surface area contributed by atoms with E-state index >= 15 is 0 Å². The van der Waals surface area contributed by atoms with E-state index in [9.17, 15) is 34.8 Å². The highest BCUT2D eigenvalue weighted by atomic mass is 35.5. The third-order valence-corrected chi connectivity index (χ3v) is 8.69. The lowest BCUT2D eigenvalue weighted by atomic mass is 10.1. The minimum Gasteiger partial charge on any atom is -0.486 e. The molecule has 0 saturated carbocycles. The van der Waals surface area contributed by atoms with Crippen LogP contribution in [-0.2, 0) is 33.5 Å². The number of sulfone groups is 1. The van der Waals surface area contributed by atoms with Crippen LogP contribution in [0, 0.1) is 5.82 Å². The van der Waals surface area contributed by atoms with Crippen LogP contribution in [0.1, 0.15) is 15.9 Å². The van der Waals surface area contributed by atoms with Gasteiger partial charge in [-0.2, -0.15) is 0 Å². The summed E-state index contributed by atoms with van der Waals surface area (Å²) in [4.78, 5) is 18.8. The molecule has 0 radical (unpaired) electrons. The minimum atomic E-state index is -3.72. The fourth-order valence-corrected chi connectivity index (χ4v) is 6.22. The van der Waals surface area contributed by atoms with Crippen LogP contribution in [0.3, 0.4) is 0 Å². The largest absolute Gasteiger partial charge is 0.486 e. The summed E-state index contributed by atoms with van der Waals surface area (Å²) < 4.78 is 98.6. The van der Waals surface area contributed by atoms with Crippen LogP contribution in [-0.4, -0.2) is 63.8 Å². The van der Waals surface area contributed by atoms with Crippen LogP contribution in [0.15, 0.2) is 65.8 Å². The maximum atomic E-state index is 14.2. The van der Waals surface area contributed by atoms with E-state index in [0.29, 0.717) is 11.4 Å². The number of amides is 1. The van der Waals surface area contributed by atoms with Gasteiger partial charge >= 0.3 is 0 Å². The molecule has 3 heterocycles. The fourth-order valence-electron chi connectivity index (χ4n) is 4.75. The molecular formula is C29H27ClF3N5O6S2. The summed E-state index contributed by atoms with van der Waals surface area (Å²) in [7, 11) is -5.68. The smallest absolute Gasteiger partial charge is 0.282 e. The predicted molar refractivity (Wildman–Crippen MR) is 168 cm³/mol. The molecule has 2 aromatic heterocycles. The van der Waals surface area contributed by atoms with Gasteiger partial charge in [0.15, 0.2) is 9.84 Å². The first-order valence-electron chi connectivity index (χ1n) is 13.4. The Hall–Kier alpha value is -4.28. The number of ether oxygens (including phenoxy) is 1. The summed E-state index contributed by atoms with van der Waals surface area (Å²) in [5.41, 5.74) is 1.69. The van der Waals surface area contributed by atoms with Gasteiger partial charge in [-0.1, -0.05) is 11.6 Å². The summed E-state index contributed by atoms with van der Waals surface area (Å²) in [6, 6.07) is 10.5. The topological polar surface area (TPSA) is 140 Å². The maximum Gasteiger partial charge on any atom is 0.282 e. The average Bonchev–Trinajstić information content (AvgIpc) is 3.29. The molecule has 2 aromatic carbocycles. The molecule has 4 aromatic rings. The van der Waals surface area contributed by atoms with Crippen LogP contribution in [0.2, 0.25) is 5.02 Å². The van der Waals surface area contributed by atoms with E-state index in [-0.39, 0.29) is 50.5 Å². The van der Waals surface area contributed by atoms with E-state index in [2.05, 4.69) is 15.0 Å². The van der Waals surface area contributed by atoms with Gasteiger partial charge in [0.05, 0.1) is 53.1 Å². The highest BCUT2D eigenvalue weighted by Crippen LogP contribution is 2.37. The summed E-state index contributed by atoms with van der Waals surface area (Å²) in [6.07, 6.45) is 4.81. The molecule has 0 atom stereocenters. The number of benzene rings is 2. The number of anilines is 3. The van der Waals surface area contributed by atoms with Gasteiger partial charge in [0.25, 0.3) is 11.8 Å². The Bertz CT molecular complexity index is 2070. The maximum absolute atomic E-state index is 14.2. The number of carbonyl (C=O) groups excluding carboxylic acids is 1. The van der Waals surface area contributed by atoms with Crippen molar-refractivity contribution >= 4 is 54.4 Å². The van der Waals surface area contributed by atoms with Gasteiger partial charge in [-0.05, 0) is 48.0 Å². The number of nitrogens with one attached hydrogen (secondary N) is 2. The zero-order chi connectivity index (χ0) is 33.6. The lowest BCUT2D eigenvalue weighted by Crippen LogP contribution is -2.56. The van der Waals surface area contributed by atoms with Crippen LogP contribution in [0.4, 0.5) is 30.2 Å². The molecule has 0 unspecified atom stereocenters. The Labute approximate surface area is 267 Å². The van der Waals surface area contributed by atoms with Crippen molar-refractivity contribution in [2.24, 2.45) is 7.05 Å². The van der Waals surface area contributed by atoms with Crippen molar-refractivity contribution in [2.45, 2.75) is 17.4 Å². The van der Waals surface area contributed by atoms with Crippen LogP contribution >= 0.6 is 11.6 Å². The molecule has 2 N–H and O–H groups in total. The van der Waals surface area contributed by atoms with Gasteiger partial charge in [0.1, 0.15) is 23.9 Å². The van der Waals surface area contributed by atoms with Crippen molar-refractivity contribution in [3.05, 3.63) is 82.9 Å². The Kier molecular flexibility index (Phi) is 8.74. The van der Waals surface area contributed by atoms with Crippen molar-refractivity contribution in [3.63, 3.8) is 0 Å². The Balaban J connectivity index is 1.45. The van der Waals surface area contributed by atoms with Crippen molar-refractivity contribution < 1.29 is 39.5 Å². The van der Waals surface area contributed by atoms with Crippen LogP contribution in [0.25, 0.3) is 11.4 Å². The van der Waals surface area contributed by atoms with Crippen molar-refractivity contribution in [3.8, 4) is 17.1 Å². The standard InChI is InChI=1S/C29H27ClF3N5O6S2/c1-37-13-18(28(39)35-21-7-19(30)8-22(10-21)36-46(3,42)43)6-25(37)27-26(11-23(12-34-27)38-15-29(32,33)16-38)44-14-17-4-20(31)9-24(5-17)45(2,40)41/h4-13,36H,14-16H2,1-3H3,(H,35,39). The molecule has 0 bridgehead atoms. The second kappa shape index (κ2) is 12.1. The SMILES string of the molecule is Cn1cc(C(=O)Nc2cc(Cl)cc(NS(C)(=O)=O)c2)cc1-c1ncc(N2CC(F)(F)C2)cc1OCc1cc(F)cc(S(C)(=O)=O)c1. The highest BCUT2D eigenvalue weighted by Gasteiger charge is 2.44. The Morgan fingerprint density at radius 1 is 1.02 bits per heavy atom. The quantitative estimate of drug-likeness (QED) is 0.238. The van der Waals surface area contributed by atoms with Crippen molar-refractivity contribution in [1.82, 2.24) is 9.55 Å². The molecule has 1 aliphatic rings. The second-order valence-corrected chi connectivity index (χ2v) is 15.1. The lowest BCUT2D eigenvalue weighted by Gasteiger charge is -2.40. The fraction of sp³-hybridized carbons (Fsp3) is 0.241. The zero-order valence-corrected chi connectivity index (χ0v) is 26.9. The van der Waals surface area contributed by atoms with E-state index in [0.717, 1.165) is 24.6 Å². The van der Waals surface area contributed by atoms with Crippen molar-refractivity contribution in [1.29, 1.82) is 0 Å². The van der Waals surface area contributed by atoms with Gasteiger partial charge in [0, 0.05) is 36.3 Å². The van der Waals surface area contributed by atoms with E-state index in [1.165, 1.54) is 53.7 Å². The molecule has 244 valence electrons. The molecule has 1 amide bonds. The second-order valence-electron chi connectivity index (χ2n) is 10.9. The average molecular weight is 698 g/mol. The van der Waals surface area contributed by atoms with E-state index in [1.807, 2.05) is 0 Å². The number of halogens is 4. The molecule has 17 heteroatoms. The zero-order valence-electron chi connectivity index (χ0n) is 24.5. The number of hydrogen-bond donors (Lipinski definition) is 2. The molecule has 46 heavy (non-hydrogen) atoms. The van der Waals surface area contributed by atoms with Gasteiger partial charge < -0.3 is 19.5 Å². The minimum absolute atomic E-state index is 0.109. The molecule has 0 aliphatic carbocycles. The van der Waals surface area contributed by atoms with E-state index in [4.69, 9.17) is 16.3 Å². The number of alkyl halides is 2. The first kappa shape index (κ1) is 33.1. The molecular weight excluding hydrogens is 671 g/mol. The summed E-state index contributed by atoms with van der Waals surface area (Å²) >= 11 is 6.11. The van der Waals surface area contributed by atoms with Crippen LogP contribution < -0.4 is 19.7 Å². The Morgan fingerprint density at radius 3 is 2.37 bits per heavy atom. The first-order chi connectivity index (χ1) is 21.3. The number of carbonyl (C=O) groups is 1. The monoisotopic (exact) mass is 697 g/mol. The molecule has 1 saturated heterocycles. The van der Waals surface area contributed by atoms with Crippen molar-refractivity contribution in [2.75, 3.05) is 40.5 Å². The first-order valence-corrected chi connectivity index (χ1v) is 17.5. The molecule has 1 aliphatic heterocycles. The number of rotatable bonds is 10. The lowest BCUT2D eigenvalue weighted by molar-refractivity contribution is -0.0263. The number of aromatic nitrogens is 2. The number of nitrogens with zero attached hydrogens (tertiary/aromatic N) is 3. The number of sulfonamides is 1. The summed E-state index contributed by atoms with van der Waals surface area (Å²) in [5.74, 6) is -4.09. The van der Waals surface area contributed by atoms with Gasteiger partial charge in [-0.3, -0.25) is 9.52 Å². The molecule has 0 spiro atoms. The van der Waals surface area contributed by atoms with Gasteiger partial charge in [-0.25, -0.2) is 35.0 Å². The van der Waals surface area contributed by atoms with Gasteiger partial charge in [-0.15, -0.1) is 0 Å². The van der Waals surface area contributed by atoms with E-state index < -0.39 is 50.6 Å². The summed E-state index contributed by atoms with van der Waals surface area (Å²) in [6.45, 7) is -1.33. The number of hydrogen-bond acceptors (Lipinski definition) is 8. The molecule has 5 rings (SSSR count). The molecule has 11 nitrogen and oxygen atoms in total. The molecule has 1 fully saturated rings. The predicted octanol–water partition coefficient (Wildman–Crippen LogP) is 4.94. The van der Waals surface area contributed by atoms with E-state index in [1.54, 1.807) is 11.6 Å².